The molecule has 0 atom stereocenters. The lowest BCUT2D eigenvalue weighted by Gasteiger charge is -2.27. The number of fused-ring (bicyclic) bond motifs is 4. The fraction of sp³-hybridized carbons (Fsp3) is 0.182. The standard InChI is InChI=1S/C22H18/c1-2-6-18-14-21-19(13-17(18)5-1)12-11-16-9-4-10-20(22(16)21)15-7-3-8-15/h1-2,4-6,9-15H,3,7-8H2. The monoisotopic (exact) mass is 282 g/mol. The summed E-state index contributed by atoms with van der Waals surface area (Å²) in [5.41, 5.74) is 1.56. The molecule has 0 heterocycles. The first-order chi connectivity index (χ1) is 10.9. The summed E-state index contributed by atoms with van der Waals surface area (Å²) in [6.45, 7) is 0. The lowest BCUT2D eigenvalue weighted by molar-refractivity contribution is 0.422. The van der Waals surface area contributed by atoms with Crippen molar-refractivity contribution in [1.29, 1.82) is 0 Å². The SMILES string of the molecule is c1ccc2cc3c(ccc4cccc(C5CCC5)c43)cc2c1. The van der Waals surface area contributed by atoms with Crippen LogP contribution in [0.5, 0.6) is 0 Å². The van der Waals surface area contributed by atoms with Crippen molar-refractivity contribution in [3.8, 4) is 0 Å². The van der Waals surface area contributed by atoms with Crippen LogP contribution in [0.4, 0.5) is 0 Å². The Labute approximate surface area is 130 Å². The summed E-state index contributed by atoms with van der Waals surface area (Å²) in [4.78, 5) is 0. The van der Waals surface area contributed by atoms with Gasteiger partial charge < -0.3 is 0 Å². The van der Waals surface area contributed by atoms with Gasteiger partial charge >= 0.3 is 0 Å². The van der Waals surface area contributed by atoms with Crippen molar-refractivity contribution in [1.82, 2.24) is 0 Å². The van der Waals surface area contributed by atoms with Gasteiger partial charge in [0.2, 0.25) is 0 Å². The Morgan fingerprint density at radius 2 is 1.36 bits per heavy atom. The lowest BCUT2D eigenvalue weighted by Crippen LogP contribution is -2.09. The fourth-order valence-corrected chi connectivity index (χ4v) is 3.89. The minimum absolute atomic E-state index is 0.765. The van der Waals surface area contributed by atoms with Crippen LogP contribution in [-0.2, 0) is 0 Å². The average molecular weight is 282 g/mol. The Hall–Kier alpha value is -2.34. The highest BCUT2D eigenvalue weighted by Crippen LogP contribution is 2.42. The van der Waals surface area contributed by atoms with Gasteiger partial charge in [-0.15, -0.1) is 0 Å². The Morgan fingerprint density at radius 3 is 2.14 bits per heavy atom. The van der Waals surface area contributed by atoms with Gasteiger partial charge in [-0.05, 0) is 68.8 Å². The van der Waals surface area contributed by atoms with Crippen LogP contribution in [-0.4, -0.2) is 0 Å². The molecule has 0 amide bonds. The molecule has 22 heavy (non-hydrogen) atoms. The van der Waals surface area contributed by atoms with Crippen LogP contribution in [0.15, 0.2) is 66.7 Å². The molecule has 0 radical (unpaired) electrons. The Bertz CT molecular complexity index is 1010. The second kappa shape index (κ2) is 4.58. The second-order valence-electron chi connectivity index (χ2n) is 6.56. The molecule has 0 bridgehead atoms. The van der Waals surface area contributed by atoms with E-state index in [-0.39, 0.29) is 0 Å². The molecule has 0 N–H and O–H groups in total. The van der Waals surface area contributed by atoms with Gasteiger partial charge in [0.15, 0.2) is 0 Å². The van der Waals surface area contributed by atoms with Crippen LogP contribution in [0, 0.1) is 0 Å². The van der Waals surface area contributed by atoms with E-state index < -0.39 is 0 Å². The number of rotatable bonds is 1. The van der Waals surface area contributed by atoms with Crippen LogP contribution < -0.4 is 0 Å². The zero-order chi connectivity index (χ0) is 14.5. The van der Waals surface area contributed by atoms with Crippen LogP contribution >= 0.6 is 0 Å². The zero-order valence-electron chi connectivity index (χ0n) is 12.5. The van der Waals surface area contributed by atoms with Gasteiger partial charge in [0.25, 0.3) is 0 Å². The molecular weight excluding hydrogens is 264 g/mol. The quantitative estimate of drug-likeness (QED) is 0.279. The topological polar surface area (TPSA) is 0 Å². The van der Waals surface area contributed by atoms with E-state index in [1.54, 1.807) is 5.56 Å². The van der Waals surface area contributed by atoms with Gasteiger partial charge in [0.1, 0.15) is 0 Å². The third-order valence-electron chi connectivity index (χ3n) is 5.30. The summed E-state index contributed by atoms with van der Waals surface area (Å²) in [6.07, 6.45) is 4.08. The number of hydrogen-bond donors (Lipinski definition) is 0. The van der Waals surface area contributed by atoms with Gasteiger partial charge in [-0.25, -0.2) is 0 Å². The first kappa shape index (κ1) is 12.2. The molecule has 0 spiro atoms. The highest BCUT2D eigenvalue weighted by Gasteiger charge is 2.22. The predicted octanol–water partition coefficient (Wildman–Crippen LogP) is 6.41. The van der Waals surface area contributed by atoms with Crippen molar-refractivity contribution in [2.24, 2.45) is 0 Å². The van der Waals surface area contributed by atoms with Crippen LogP contribution in [0.2, 0.25) is 0 Å². The molecule has 0 aromatic heterocycles. The van der Waals surface area contributed by atoms with Crippen LogP contribution in [0.3, 0.4) is 0 Å². The highest BCUT2D eigenvalue weighted by atomic mass is 14.3. The number of hydrogen-bond acceptors (Lipinski definition) is 0. The zero-order valence-corrected chi connectivity index (χ0v) is 12.5. The third kappa shape index (κ3) is 1.70. The minimum atomic E-state index is 0.765. The molecule has 106 valence electrons. The summed E-state index contributed by atoms with van der Waals surface area (Å²) in [7, 11) is 0. The van der Waals surface area contributed by atoms with E-state index in [0.29, 0.717) is 0 Å². The molecule has 1 aliphatic rings. The number of benzene rings is 4. The van der Waals surface area contributed by atoms with E-state index in [1.807, 2.05) is 0 Å². The van der Waals surface area contributed by atoms with Gasteiger partial charge in [0, 0.05) is 0 Å². The van der Waals surface area contributed by atoms with Gasteiger partial charge in [-0.2, -0.15) is 0 Å². The normalized spacial score (nSPS) is 15.5. The minimum Gasteiger partial charge on any atom is -0.0616 e. The first-order valence-electron chi connectivity index (χ1n) is 8.24. The summed E-state index contributed by atoms with van der Waals surface area (Å²) in [5, 5.41) is 8.31. The predicted molar refractivity (Wildman–Crippen MR) is 95.6 cm³/mol. The van der Waals surface area contributed by atoms with Crippen LogP contribution in [0.25, 0.3) is 32.3 Å². The maximum Gasteiger partial charge on any atom is -0.00703 e. The molecule has 1 fully saturated rings. The summed E-state index contributed by atoms with van der Waals surface area (Å²) < 4.78 is 0. The van der Waals surface area contributed by atoms with E-state index in [9.17, 15) is 0 Å². The van der Waals surface area contributed by atoms with Crippen LogP contribution in [0.1, 0.15) is 30.7 Å². The summed E-state index contributed by atoms with van der Waals surface area (Å²) in [6, 6.07) is 24.8. The molecule has 0 saturated heterocycles. The van der Waals surface area contributed by atoms with Gasteiger partial charge in [-0.3, -0.25) is 0 Å². The molecule has 5 rings (SSSR count). The Morgan fingerprint density at radius 1 is 0.636 bits per heavy atom. The molecular formula is C22H18. The van der Waals surface area contributed by atoms with E-state index in [2.05, 4.69) is 66.7 Å². The molecule has 1 aliphatic carbocycles. The van der Waals surface area contributed by atoms with Crippen molar-refractivity contribution < 1.29 is 0 Å². The summed E-state index contributed by atoms with van der Waals surface area (Å²) in [5.74, 6) is 0.765. The van der Waals surface area contributed by atoms with Crippen molar-refractivity contribution in [3.63, 3.8) is 0 Å². The van der Waals surface area contributed by atoms with Crippen molar-refractivity contribution in [3.05, 3.63) is 72.3 Å². The maximum absolute atomic E-state index is 2.38. The Balaban J connectivity index is 1.94. The largest absolute Gasteiger partial charge is 0.0616 e. The van der Waals surface area contributed by atoms with E-state index in [1.165, 1.54) is 51.6 Å². The third-order valence-corrected chi connectivity index (χ3v) is 5.30. The van der Waals surface area contributed by atoms with Gasteiger partial charge in [-0.1, -0.05) is 61.0 Å². The summed E-state index contributed by atoms with van der Waals surface area (Å²) >= 11 is 0. The molecule has 0 heteroatoms. The fourth-order valence-electron chi connectivity index (χ4n) is 3.89. The smallest absolute Gasteiger partial charge is 0.00703 e. The maximum atomic E-state index is 2.38. The van der Waals surface area contributed by atoms with Crippen molar-refractivity contribution in [2.75, 3.05) is 0 Å². The first-order valence-corrected chi connectivity index (χ1v) is 8.24. The Kier molecular flexibility index (Phi) is 2.54. The average Bonchev–Trinajstić information content (AvgIpc) is 2.51. The lowest BCUT2D eigenvalue weighted by atomic mass is 9.77. The molecule has 4 aromatic carbocycles. The van der Waals surface area contributed by atoms with Gasteiger partial charge in [0.05, 0.1) is 0 Å². The highest BCUT2D eigenvalue weighted by molar-refractivity contribution is 6.13. The van der Waals surface area contributed by atoms with E-state index in [0.717, 1.165) is 5.92 Å². The molecule has 0 unspecified atom stereocenters. The molecule has 0 nitrogen and oxygen atoms in total. The molecule has 4 aromatic rings. The van der Waals surface area contributed by atoms with E-state index in [4.69, 9.17) is 0 Å². The molecule has 0 aliphatic heterocycles. The van der Waals surface area contributed by atoms with Crippen molar-refractivity contribution >= 4 is 32.3 Å². The second-order valence-corrected chi connectivity index (χ2v) is 6.56. The molecule has 1 saturated carbocycles. The van der Waals surface area contributed by atoms with E-state index >= 15 is 0 Å². The van der Waals surface area contributed by atoms with Crippen molar-refractivity contribution in [2.45, 2.75) is 25.2 Å².